The van der Waals surface area contributed by atoms with E-state index in [1.54, 1.807) is 37.3 Å². The van der Waals surface area contributed by atoms with Gasteiger partial charge in [-0.05, 0) is 48.9 Å². The second-order valence-corrected chi connectivity index (χ2v) is 8.85. The van der Waals surface area contributed by atoms with Gasteiger partial charge in [-0.3, -0.25) is 14.5 Å². The average Bonchev–Trinajstić information content (AvgIpc) is 3.03. The lowest BCUT2D eigenvalue weighted by Crippen LogP contribution is -2.42. The van der Waals surface area contributed by atoms with Crippen molar-refractivity contribution in [1.29, 1.82) is 0 Å². The van der Waals surface area contributed by atoms with Crippen molar-refractivity contribution in [2.75, 3.05) is 56.3 Å². The van der Waals surface area contributed by atoms with Crippen LogP contribution in [0.3, 0.4) is 0 Å². The van der Waals surface area contributed by atoms with Crippen LogP contribution >= 0.6 is 0 Å². The van der Waals surface area contributed by atoms with Crippen LogP contribution in [0.5, 0.6) is 11.5 Å². The van der Waals surface area contributed by atoms with Crippen molar-refractivity contribution >= 4 is 29.2 Å². The minimum atomic E-state index is -1.32. The Morgan fingerprint density at radius 1 is 1.00 bits per heavy atom. The van der Waals surface area contributed by atoms with Gasteiger partial charge >= 0.3 is 6.03 Å². The maximum absolute atomic E-state index is 13.3. The molecule has 2 aromatic rings. The van der Waals surface area contributed by atoms with Crippen molar-refractivity contribution in [2.45, 2.75) is 18.9 Å². The molecular weight excluding hydrogens is 452 g/mol. The zero-order valence-corrected chi connectivity index (χ0v) is 19.5. The van der Waals surface area contributed by atoms with Crippen LogP contribution in [0.1, 0.15) is 18.9 Å². The molecule has 5 rings (SSSR count). The summed E-state index contributed by atoms with van der Waals surface area (Å²) in [6.45, 7) is 5.31. The summed E-state index contributed by atoms with van der Waals surface area (Å²) in [6.07, 6.45) is 0.760. The van der Waals surface area contributed by atoms with Crippen molar-refractivity contribution in [2.24, 2.45) is 0 Å². The minimum absolute atomic E-state index is 0.393. The Balaban J connectivity index is 1.24. The number of nitrogens with zero attached hydrogens (tertiary/aromatic N) is 2. The fourth-order valence-electron chi connectivity index (χ4n) is 4.43. The van der Waals surface area contributed by atoms with Crippen molar-refractivity contribution in [3.05, 3.63) is 48.0 Å². The summed E-state index contributed by atoms with van der Waals surface area (Å²) in [7, 11) is 0. The zero-order valence-electron chi connectivity index (χ0n) is 19.5. The van der Waals surface area contributed by atoms with Gasteiger partial charge in [-0.25, -0.2) is 4.79 Å². The van der Waals surface area contributed by atoms with Gasteiger partial charge in [-0.1, -0.05) is 6.07 Å². The highest BCUT2D eigenvalue weighted by Gasteiger charge is 2.49. The molecule has 0 aromatic heterocycles. The molecule has 0 bridgehead atoms. The van der Waals surface area contributed by atoms with Gasteiger partial charge in [0.05, 0.1) is 26.4 Å². The standard InChI is InChI=1S/C25H28N4O6/c1-25(17-3-8-20-21(15-17)35-12-2-11-34-20)23(31)29(24(32)27-25)16-22(30)26-18-4-6-19(7-5-18)28-9-13-33-14-10-28/h3-8,15H,2,9-14,16H2,1H3,(H,26,30)(H,27,32)/t25-/m1/s1. The number of urea groups is 1. The smallest absolute Gasteiger partial charge is 0.325 e. The fourth-order valence-corrected chi connectivity index (χ4v) is 4.43. The molecule has 35 heavy (non-hydrogen) atoms. The molecule has 2 fully saturated rings. The van der Waals surface area contributed by atoms with Gasteiger partial charge in [0.25, 0.3) is 5.91 Å². The summed E-state index contributed by atoms with van der Waals surface area (Å²) >= 11 is 0. The van der Waals surface area contributed by atoms with Crippen LogP contribution in [-0.4, -0.2) is 68.8 Å². The largest absolute Gasteiger partial charge is 0.490 e. The van der Waals surface area contributed by atoms with Crippen LogP contribution in [0, 0.1) is 0 Å². The first-order valence-corrected chi connectivity index (χ1v) is 11.7. The van der Waals surface area contributed by atoms with Crippen LogP contribution in [0.4, 0.5) is 16.2 Å². The number of imide groups is 1. The number of amides is 4. The number of ether oxygens (including phenoxy) is 3. The SMILES string of the molecule is C[C@]1(c2ccc3c(c2)OCCCO3)NC(=O)N(CC(=O)Nc2ccc(N3CCOCC3)cc2)C1=O. The molecule has 2 saturated heterocycles. The normalized spacial score (nSPS) is 22.0. The Morgan fingerprint density at radius 2 is 1.71 bits per heavy atom. The summed E-state index contributed by atoms with van der Waals surface area (Å²) in [6, 6.07) is 12.0. The second kappa shape index (κ2) is 9.46. The third kappa shape index (κ3) is 4.61. The van der Waals surface area contributed by atoms with Crippen LogP contribution in [-0.2, 0) is 19.9 Å². The van der Waals surface area contributed by atoms with Crippen LogP contribution < -0.4 is 25.0 Å². The highest BCUT2D eigenvalue weighted by Crippen LogP contribution is 2.36. The van der Waals surface area contributed by atoms with Crippen molar-refractivity contribution in [1.82, 2.24) is 10.2 Å². The van der Waals surface area contributed by atoms with E-state index < -0.39 is 29.9 Å². The molecule has 3 aliphatic rings. The monoisotopic (exact) mass is 480 g/mol. The van der Waals surface area contributed by atoms with E-state index in [0.717, 1.165) is 30.1 Å². The Bertz CT molecular complexity index is 1130. The minimum Gasteiger partial charge on any atom is -0.490 e. The Labute approximate surface area is 203 Å². The predicted octanol–water partition coefficient (Wildman–Crippen LogP) is 2.09. The molecule has 2 N–H and O–H groups in total. The van der Waals surface area contributed by atoms with Gasteiger partial charge in [-0.15, -0.1) is 0 Å². The van der Waals surface area contributed by atoms with E-state index in [0.29, 0.717) is 49.2 Å². The van der Waals surface area contributed by atoms with Crippen molar-refractivity contribution in [3.63, 3.8) is 0 Å². The highest BCUT2D eigenvalue weighted by molar-refractivity contribution is 6.10. The van der Waals surface area contributed by atoms with Gasteiger partial charge in [0, 0.05) is 30.9 Å². The Hall–Kier alpha value is -3.79. The van der Waals surface area contributed by atoms with E-state index in [-0.39, 0.29) is 0 Å². The molecule has 10 nitrogen and oxygen atoms in total. The molecule has 0 radical (unpaired) electrons. The summed E-state index contributed by atoms with van der Waals surface area (Å²) in [5.74, 6) is 0.160. The first-order valence-electron chi connectivity index (χ1n) is 11.7. The Morgan fingerprint density at radius 3 is 2.46 bits per heavy atom. The van der Waals surface area contributed by atoms with Gasteiger partial charge in [0.15, 0.2) is 11.5 Å². The maximum atomic E-state index is 13.3. The van der Waals surface area contributed by atoms with Gasteiger partial charge < -0.3 is 29.7 Å². The molecule has 0 unspecified atom stereocenters. The number of morpholine rings is 1. The van der Waals surface area contributed by atoms with Crippen LogP contribution in [0.2, 0.25) is 0 Å². The summed E-state index contributed by atoms with van der Waals surface area (Å²) < 4.78 is 16.8. The summed E-state index contributed by atoms with van der Waals surface area (Å²) in [5.41, 5.74) is 0.875. The second-order valence-electron chi connectivity index (χ2n) is 8.85. The quantitative estimate of drug-likeness (QED) is 0.631. The highest BCUT2D eigenvalue weighted by atomic mass is 16.5. The fraction of sp³-hybridized carbons (Fsp3) is 0.400. The van der Waals surface area contributed by atoms with E-state index in [2.05, 4.69) is 15.5 Å². The lowest BCUT2D eigenvalue weighted by molar-refractivity contribution is -0.133. The van der Waals surface area contributed by atoms with Crippen molar-refractivity contribution in [3.8, 4) is 11.5 Å². The topological polar surface area (TPSA) is 109 Å². The predicted molar refractivity (Wildman–Crippen MR) is 128 cm³/mol. The molecule has 1 atom stereocenters. The number of carbonyl (C=O) groups excluding carboxylic acids is 3. The van der Waals surface area contributed by atoms with Crippen LogP contribution in [0.15, 0.2) is 42.5 Å². The number of rotatable bonds is 5. The molecule has 0 saturated carbocycles. The number of hydrogen-bond acceptors (Lipinski definition) is 7. The van der Waals surface area contributed by atoms with E-state index in [4.69, 9.17) is 14.2 Å². The third-order valence-corrected chi connectivity index (χ3v) is 6.43. The molecule has 10 heteroatoms. The molecule has 184 valence electrons. The maximum Gasteiger partial charge on any atom is 0.325 e. The summed E-state index contributed by atoms with van der Waals surface area (Å²) in [4.78, 5) is 41.7. The molecule has 3 heterocycles. The number of carbonyl (C=O) groups is 3. The number of nitrogens with one attached hydrogen (secondary N) is 2. The molecule has 0 spiro atoms. The van der Waals surface area contributed by atoms with Gasteiger partial charge in [0.1, 0.15) is 12.1 Å². The first kappa shape index (κ1) is 23.0. The van der Waals surface area contributed by atoms with E-state index >= 15 is 0 Å². The zero-order chi connectivity index (χ0) is 24.4. The molecular formula is C25H28N4O6. The number of hydrogen-bond donors (Lipinski definition) is 2. The van der Waals surface area contributed by atoms with E-state index in [9.17, 15) is 14.4 Å². The first-order chi connectivity index (χ1) is 16.9. The lowest BCUT2D eigenvalue weighted by atomic mass is 9.91. The average molecular weight is 481 g/mol. The number of anilines is 2. The molecule has 3 aliphatic heterocycles. The van der Waals surface area contributed by atoms with Gasteiger partial charge in [0.2, 0.25) is 5.91 Å². The van der Waals surface area contributed by atoms with Gasteiger partial charge in [-0.2, -0.15) is 0 Å². The van der Waals surface area contributed by atoms with E-state index in [1.807, 2.05) is 12.1 Å². The Kier molecular flexibility index (Phi) is 6.21. The van der Waals surface area contributed by atoms with Crippen LogP contribution in [0.25, 0.3) is 0 Å². The third-order valence-electron chi connectivity index (χ3n) is 6.43. The molecule has 2 aromatic carbocycles. The summed E-state index contributed by atoms with van der Waals surface area (Å²) in [5, 5.41) is 5.49. The molecule has 0 aliphatic carbocycles. The van der Waals surface area contributed by atoms with E-state index in [1.165, 1.54) is 0 Å². The molecule has 4 amide bonds. The lowest BCUT2D eigenvalue weighted by Gasteiger charge is -2.28. The number of fused-ring (bicyclic) bond motifs is 1. The van der Waals surface area contributed by atoms with Crippen molar-refractivity contribution < 1.29 is 28.6 Å². The number of benzene rings is 2.